The standard InChI is InChI=1S/C12H16FN5O/c1-6-8(11(15)19)10(7(4-14)5-16-2)18-12(17-3)9(6)13/h4-5,14,16H,1-3H3,(H2,15,19)(H,17,18)/b7-5+,14-4?. The average molecular weight is 265 g/mol. The predicted octanol–water partition coefficient (Wildman–Crippen LogP) is 0.880. The third-order valence-electron chi connectivity index (χ3n) is 2.58. The topological polar surface area (TPSA) is 104 Å². The van der Waals surface area contributed by atoms with Gasteiger partial charge in [-0.15, -0.1) is 0 Å². The lowest BCUT2D eigenvalue weighted by Crippen LogP contribution is -2.19. The molecule has 1 heterocycles. The summed E-state index contributed by atoms with van der Waals surface area (Å²) >= 11 is 0. The molecule has 0 aromatic carbocycles. The highest BCUT2D eigenvalue weighted by Crippen LogP contribution is 2.25. The quantitative estimate of drug-likeness (QED) is 0.593. The number of aromatic nitrogens is 1. The van der Waals surface area contributed by atoms with E-state index in [-0.39, 0.29) is 22.6 Å². The van der Waals surface area contributed by atoms with Gasteiger partial charge in [0.1, 0.15) is 0 Å². The molecule has 1 aromatic rings. The van der Waals surface area contributed by atoms with Gasteiger partial charge >= 0.3 is 0 Å². The van der Waals surface area contributed by atoms with E-state index in [0.717, 1.165) is 6.21 Å². The zero-order valence-corrected chi connectivity index (χ0v) is 11.0. The number of primary amides is 1. The minimum atomic E-state index is -0.787. The number of carbonyl (C=O) groups is 1. The number of hydrogen-bond donors (Lipinski definition) is 4. The zero-order valence-electron chi connectivity index (χ0n) is 11.0. The number of rotatable bonds is 5. The van der Waals surface area contributed by atoms with Crippen LogP contribution in [0.1, 0.15) is 21.6 Å². The lowest BCUT2D eigenvalue weighted by atomic mass is 10.0. The molecular weight excluding hydrogens is 249 g/mol. The number of nitrogens with one attached hydrogen (secondary N) is 3. The van der Waals surface area contributed by atoms with Gasteiger partial charge < -0.3 is 21.8 Å². The zero-order chi connectivity index (χ0) is 14.6. The molecule has 19 heavy (non-hydrogen) atoms. The first-order chi connectivity index (χ1) is 8.97. The van der Waals surface area contributed by atoms with Crippen molar-refractivity contribution in [2.75, 3.05) is 19.4 Å². The fraction of sp³-hybridized carbons (Fsp3) is 0.250. The van der Waals surface area contributed by atoms with Crippen molar-refractivity contribution in [1.29, 1.82) is 5.41 Å². The largest absolute Gasteiger partial charge is 0.393 e. The number of nitrogens with two attached hydrogens (primary N) is 1. The fourth-order valence-electron chi connectivity index (χ4n) is 1.69. The first kappa shape index (κ1) is 14.6. The van der Waals surface area contributed by atoms with Gasteiger partial charge in [-0.3, -0.25) is 4.79 Å². The van der Waals surface area contributed by atoms with Crippen molar-refractivity contribution in [3.63, 3.8) is 0 Å². The molecular formula is C12H16FN5O. The molecule has 0 aliphatic heterocycles. The normalized spacial score (nSPS) is 11.1. The molecule has 0 aliphatic rings. The molecule has 5 N–H and O–H groups in total. The summed E-state index contributed by atoms with van der Waals surface area (Å²) in [5.41, 5.74) is 5.85. The molecule has 0 atom stereocenters. The van der Waals surface area contributed by atoms with E-state index in [1.54, 1.807) is 7.05 Å². The van der Waals surface area contributed by atoms with Crippen molar-refractivity contribution in [3.8, 4) is 0 Å². The van der Waals surface area contributed by atoms with Crippen LogP contribution >= 0.6 is 0 Å². The van der Waals surface area contributed by atoms with E-state index in [0.29, 0.717) is 5.57 Å². The molecule has 1 aromatic heterocycles. The van der Waals surface area contributed by atoms with E-state index in [1.807, 2.05) is 0 Å². The second-order valence-electron chi connectivity index (χ2n) is 3.77. The highest BCUT2D eigenvalue weighted by molar-refractivity contribution is 6.12. The van der Waals surface area contributed by atoms with Gasteiger partial charge in [-0.2, -0.15) is 0 Å². The van der Waals surface area contributed by atoms with E-state index in [9.17, 15) is 9.18 Å². The summed E-state index contributed by atoms with van der Waals surface area (Å²) in [5.74, 6) is -1.42. The van der Waals surface area contributed by atoms with Crippen LogP contribution in [0.25, 0.3) is 5.57 Å². The highest BCUT2D eigenvalue weighted by atomic mass is 19.1. The van der Waals surface area contributed by atoms with Crippen molar-refractivity contribution in [2.24, 2.45) is 5.73 Å². The van der Waals surface area contributed by atoms with Crippen LogP contribution in [0, 0.1) is 18.2 Å². The minimum Gasteiger partial charge on any atom is -0.393 e. The van der Waals surface area contributed by atoms with Crippen molar-refractivity contribution >= 4 is 23.5 Å². The van der Waals surface area contributed by atoms with Crippen molar-refractivity contribution in [2.45, 2.75) is 6.92 Å². The monoisotopic (exact) mass is 265 g/mol. The Morgan fingerprint density at radius 1 is 1.47 bits per heavy atom. The molecule has 0 fully saturated rings. The van der Waals surface area contributed by atoms with E-state index < -0.39 is 11.7 Å². The second kappa shape index (κ2) is 5.94. The summed E-state index contributed by atoms with van der Waals surface area (Å²) in [6.45, 7) is 1.45. The van der Waals surface area contributed by atoms with Crippen LogP contribution in [-0.4, -0.2) is 31.2 Å². The van der Waals surface area contributed by atoms with Crippen LogP contribution < -0.4 is 16.4 Å². The van der Waals surface area contributed by atoms with E-state index >= 15 is 0 Å². The molecule has 102 valence electrons. The van der Waals surface area contributed by atoms with Crippen molar-refractivity contribution < 1.29 is 9.18 Å². The molecule has 6 nitrogen and oxygen atoms in total. The van der Waals surface area contributed by atoms with Gasteiger partial charge in [-0.1, -0.05) is 0 Å². The molecule has 0 unspecified atom stereocenters. The van der Waals surface area contributed by atoms with Crippen LogP contribution in [-0.2, 0) is 0 Å². The van der Waals surface area contributed by atoms with E-state index in [2.05, 4.69) is 15.6 Å². The molecule has 0 spiro atoms. The lowest BCUT2D eigenvalue weighted by Gasteiger charge is -2.13. The highest BCUT2D eigenvalue weighted by Gasteiger charge is 2.21. The van der Waals surface area contributed by atoms with Gasteiger partial charge in [0.05, 0.1) is 11.3 Å². The molecule has 0 saturated heterocycles. The van der Waals surface area contributed by atoms with Crippen LogP contribution in [0.5, 0.6) is 0 Å². The maximum absolute atomic E-state index is 13.9. The number of hydrogen-bond acceptors (Lipinski definition) is 5. The smallest absolute Gasteiger partial charge is 0.251 e. The minimum absolute atomic E-state index is 0.00125. The molecule has 7 heteroatoms. The number of anilines is 1. The summed E-state index contributed by atoms with van der Waals surface area (Å²) in [6, 6.07) is 0. The third kappa shape index (κ3) is 2.70. The Bertz CT molecular complexity index is 554. The van der Waals surface area contributed by atoms with Crippen LogP contribution in [0.4, 0.5) is 10.2 Å². The Kier molecular flexibility index (Phi) is 4.57. The Labute approximate surface area is 110 Å². The number of amides is 1. The molecule has 0 saturated carbocycles. The Balaban J connectivity index is 3.70. The molecule has 1 rings (SSSR count). The SMILES string of the molecule is CN/C=C(\C=N)c1nc(NC)c(F)c(C)c1C(N)=O. The first-order valence-corrected chi connectivity index (χ1v) is 5.53. The Morgan fingerprint density at radius 2 is 2.11 bits per heavy atom. The maximum atomic E-state index is 13.9. The van der Waals surface area contributed by atoms with Gasteiger partial charge in [0, 0.05) is 37.6 Å². The van der Waals surface area contributed by atoms with E-state index in [1.165, 1.54) is 20.2 Å². The van der Waals surface area contributed by atoms with Gasteiger partial charge in [0.15, 0.2) is 11.6 Å². The third-order valence-corrected chi connectivity index (χ3v) is 2.58. The summed E-state index contributed by atoms with van der Waals surface area (Å²) in [6.07, 6.45) is 2.50. The van der Waals surface area contributed by atoms with Gasteiger partial charge in [-0.25, -0.2) is 9.37 Å². The second-order valence-corrected chi connectivity index (χ2v) is 3.77. The summed E-state index contributed by atoms with van der Waals surface area (Å²) < 4.78 is 13.9. The lowest BCUT2D eigenvalue weighted by molar-refractivity contribution is 0.0998. The maximum Gasteiger partial charge on any atom is 0.251 e. The summed E-state index contributed by atoms with van der Waals surface area (Å²) in [4.78, 5) is 15.5. The number of allylic oxidation sites excluding steroid dienone is 1. The Hall–Kier alpha value is -2.44. The number of halogens is 1. The molecule has 0 bridgehead atoms. The number of pyridine rings is 1. The Morgan fingerprint density at radius 3 is 2.53 bits per heavy atom. The first-order valence-electron chi connectivity index (χ1n) is 5.53. The summed E-state index contributed by atoms with van der Waals surface area (Å²) in [5, 5.41) is 12.7. The molecule has 0 radical (unpaired) electrons. The number of nitrogens with zero attached hydrogens (tertiary/aromatic N) is 1. The predicted molar refractivity (Wildman–Crippen MR) is 72.8 cm³/mol. The van der Waals surface area contributed by atoms with Crippen molar-refractivity contribution in [3.05, 3.63) is 28.8 Å². The van der Waals surface area contributed by atoms with Gasteiger partial charge in [-0.05, 0) is 6.92 Å². The van der Waals surface area contributed by atoms with E-state index in [4.69, 9.17) is 11.1 Å². The molecule has 1 amide bonds. The number of carbonyl (C=O) groups excluding carboxylic acids is 1. The van der Waals surface area contributed by atoms with Crippen LogP contribution in [0.15, 0.2) is 6.20 Å². The van der Waals surface area contributed by atoms with Crippen LogP contribution in [0.2, 0.25) is 0 Å². The molecule has 0 aliphatic carbocycles. The van der Waals surface area contributed by atoms with Crippen molar-refractivity contribution in [1.82, 2.24) is 10.3 Å². The van der Waals surface area contributed by atoms with Gasteiger partial charge in [0.25, 0.3) is 5.91 Å². The summed E-state index contributed by atoms with van der Waals surface area (Å²) in [7, 11) is 3.16. The van der Waals surface area contributed by atoms with Crippen LogP contribution in [0.3, 0.4) is 0 Å². The average Bonchev–Trinajstić information content (AvgIpc) is 2.38. The fourth-order valence-corrected chi connectivity index (χ4v) is 1.69. The van der Waals surface area contributed by atoms with Gasteiger partial charge in [0.2, 0.25) is 0 Å².